The lowest BCUT2D eigenvalue weighted by Crippen LogP contribution is -2.34. The highest BCUT2D eigenvalue weighted by atomic mass is 16.5. The number of carbonyl (C=O) groups excluding carboxylic acids is 1. The summed E-state index contributed by atoms with van der Waals surface area (Å²) < 4.78 is 13.4. The van der Waals surface area contributed by atoms with Crippen LogP contribution in [-0.4, -0.2) is 39.8 Å². The molecule has 1 unspecified atom stereocenters. The third-order valence-corrected chi connectivity index (χ3v) is 5.64. The highest BCUT2D eigenvalue weighted by Crippen LogP contribution is 2.38. The van der Waals surface area contributed by atoms with E-state index in [-0.39, 0.29) is 23.5 Å². The zero-order chi connectivity index (χ0) is 24.2. The number of hydrogen-bond acceptors (Lipinski definition) is 7. The third kappa shape index (κ3) is 4.76. The Morgan fingerprint density at radius 3 is 2.56 bits per heavy atom. The minimum absolute atomic E-state index is 0.0738. The molecule has 0 saturated carbocycles. The van der Waals surface area contributed by atoms with Crippen LogP contribution in [0.3, 0.4) is 0 Å². The number of nitrogens with two attached hydrogens (primary N) is 2. The minimum atomic E-state index is -0.670. The first-order chi connectivity index (χ1) is 16.4. The van der Waals surface area contributed by atoms with E-state index in [2.05, 4.69) is 6.19 Å². The summed E-state index contributed by atoms with van der Waals surface area (Å²) in [6.45, 7) is 5.10. The van der Waals surface area contributed by atoms with E-state index in [0.717, 1.165) is 18.6 Å². The first-order valence-electron chi connectivity index (χ1n) is 11.2. The molecule has 2 heterocycles. The van der Waals surface area contributed by atoms with Gasteiger partial charge >= 0.3 is 0 Å². The SMILES string of the molecule is CC(C)Oc1ccc(Oc2ccccc2-c2nn(C3CCCN(C#N)C3)c(N)c2C(N)=O)cc1. The van der Waals surface area contributed by atoms with E-state index in [1.165, 1.54) is 0 Å². The van der Waals surface area contributed by atoms with Gasteiger partial charge in [-0.25, -0.2) is 4.68 Å². The van der Waals surface area contributed by atoms with Gasteiger partial charge in [-0.3, -0.25) is 4.79 Å². The number of nitrogens with zero attached hydrogens (tertiary/aromatic N) is 4. The maximum Gasteiger partial charge on any atom is 0.254 e. The molecule has 0 aliphatic carbocycles. The highest BCUT2D eigenvalue weighted by molar-refractivity contribution is 6.03. The summed E-state index contributed by atoms with van der Waals surface area (Å²) in [5.74, 6) is 1.38. The van der Waals surface area contributed by atoms with Gasteiger partial charge in [0.15, 0.2) is 6.19 Å². The Morgan fingerprint density at radius 1 is 1.18 bits per heavy atom. The molecular weight excluding hydrogens is 432 g/mol. The molecule has 1 saturated heterocycles. The van der Waals surface area contributed by atoms with Crippen molar-refractivity contribution in [1.29, 1.82) is 5.26 Å². The maximum absolute atomic E-state index is 12.4. The van der Waals surface area contributed by atoms with Crippen molar-refractivity contribution in [3.63, 3.8) is 0 Å². The number of rotatable bonds is 7. The largest absolute Gasteiger partial charge is 0.491 e. The Bertz CT molecular complexity index is 1210. The molecule has 9 nitrogen and oxygen atoms in total. The summed E-state index contributed by atoms with van der Waals surface area (Å²) >= 11 is 0. The average Bonchev–Trinajstić information content (AvgIpc) is 3.17. The minimum Gasteiger partial charge on any atom is -0.491 e. The van der Waals surface area contributed by atoms with Crippen molar-refractivity contribution in [3.05, 3.63) is 54.1 Å². The number of benzene rings is 2. The average molecular weight is 461 g/mol. The zero-order valence-electron chi connectivity index (χ0n) is 19.3. The summed E-state index contributed by atoms with van der Waals surface area (Å²) in [7, 11) is 0. The molecule has 1 fully saturated rings. The first-order valence-corrected chi connectivity index (χ1v) is 11.2. The number of piperidine rings is 1. The summed E-state index contributed by atoms with van der Waals surface area (Å²) in [6, 6.07) is 14.4. The molecule has 176 valence electrons. The van der Waals surface area contributed by atoms with Crippen LogP contribution in [0.1, 0.15) is 43.1 Å². The second-order valence-corrected chi connectivity index (χ2v) is 8.50. The standard InChI is InChI=1S/C25H28N6O3/c1-16(2)33-18-9-11-19(12-10-18)34-21-8-4-3-7-20(21)23-22(25(28)32)24(27)31(29-23)17-6-5-13-30(14-17)15-26/h3-4,7-12,16-17H,5-6,13-14,27H2,1-2H3,(H2,28,32). The molecule has 0 radical (unpaired) electrons. The van der Waals surface area contributed by atoms with Crippen molar-refractivity contribution >= 4 is 11.7 Å². The Morgan fingerprint density at radius 2 is 1.88 bits per heavy atom. The van der Waals surface area contributed by atoms with Crippen molar-refractivity contribution in [2.75, 3.05) is 18.8 Å². The predicted molar refractivity (Wildman–Crippen MR) is 128 cm³/mol. The van der Waals surface area contributed by atoms with E-state index < -0.39 is 5.91 Å². The molecule has 3 aromatic rings. The molecule has 34 heavy (non-hydrogen) atoms. The van der Waals surface area contributed by atoms with Crippen LogP contribution >= 0.6 is 0 Å². The van der Waals surface area contributed by atoms with Crippen LogP contribution < -0.4 is 20.9 Å². The molecule has 0 spiro atoms. The first kappa shape index (κ1) is 23.0. The number of aromatic nitrogens is 2. The Balaban J connectivity index is 1.70. The van der Waals surface area contributed by atoms with Gasteiger partial charge in [-0.05, 0) is 63.1 Å². The molecule has 1 aliphatic heterocycles. The van der Waals surface area contributed by atoms with Gasteiger partial charge in [0, 0.05) is 12.1 Å². The van der Waals surface area contributed by atoms with Gasteiger partial charge in [0.05, 0.1) is 18.7 Å². The lowest BCUT2D eigenvalue weighted by molar-refractivity contribution is 0.100. The topological polar surface area (TPSA) is 132 Å². The molecule has 2 aromatic carbocycles. The third-order valence-electron chi connectivity index (χ3n) is 5.64. The summed E-state index contributed by atoms with van der Waals surface area (Å²) in [6.07, 6.45) is 3.88. The molecule has 4 N–H and O–H groups in total. The monoisotopic (exact) mass is 460 g/mol. The molecule has 1 atom stereocenters. The number of primary amides is 1. The van der Waals surface area contributed by atoms with E-state index in [1.807, 2.05) is 56.3 Å². The summed E-state index contributed by atoms with van der Waals surface area (Å²) in [4.78, 5) is 14.1. The number of carbonyl (C=O) groups is 1. The van der Waals surface area contributed by atoms with Crippen LogP contribution in [0.5, 0.6) is 17.2 Å². The number of likely N-dealkylation sites (tertiary alicyclic amines) is 1. The van der Waals surface area contributed by atoms with Crippen molar-refractivity contribution in [3.8, 4) is 34.7 Å². The number of nitriles is 1. The highest BCUT2D eigenvalue weighted by Gasteiger charge is 2.29. The number of nitrogen functional groups attached to an aromatic ring is 1. The van der Waals surface area contributed by atoms with E-state index in [4.69, 9.17) is 26.0 Å². The fourth-order valence-electron chi connectivity index (χ4n) is 4.14. The predicted octanol–water partition coefficient (Wildman–Crippen LogP) is 3.93. The molecule has 9 heteroatoms. The van der Waals surface area contributed by atoms with Crippen LogP contribution in [-0.2, 0) is 0 Å². The van der Waals surface area contributed by atoms with Crippen LogP contribution in [0.25, 0.3) is 11.3 Å². The van der Waals surface area contributed by atoms with E-state index >= 15 is 0 Å². The van der Waals surface area contributed by atoms with Crippen LogP contribution in [0.15, 0.2) is 48.5 Å². The molecule has 4 rings (SSSR count). The quantitative estimate of drug-likeness (QED) is 0.510. The Hall–Kier alpha value is -4.19. The van der Waals surface area contributed by atoms with E-state index in [0.29, 0.717) is 35.8 Å². The molecule has 0 bridgehead atoms. The Labute approximate surface area is 198 Å². The van der Waals surface area contributed by atoms with Crippen LogP contribution in [0.4, 0.5) is 5.82 Å². The fourth-order valence-corrected chi connectivity index (χ4v) is 4.14. The van der Waals surface area contributed by atoms with Gasteiger partial charge in [0.25, 0.3) is 5.91 Å². The van der Waals surface area contributed by atoms with Crippen LogP contribution in [0.2, 0.25) is 0 Å². The molecule has 1 aromatic heterocycles. The van der Waals surface area contributed by atoms with Crippen molar-refractivity contribution in [2.45, 2.75) is 38.8 Å². The lowest BCUT2D eigenvalue weighted by atomic mass is 10.1. The van der Waals surface area contributed by atoms with Gasteiger partial charge < -0.3 is 25.8 Å². The fraction of sp³-hybridized carbons (Fsp3) is 0.320. The van der Waals surface area contributed by atoms with Gasteiger partial charge in [0.2, 0.25) is 0 Å². The van der Waals surface area contributed by atoms with Crippen molar-refractivity contribution < 1.29 is 14.3 Å². The van der Waals surface area contributed by atoms with Gasteiger partial charge in [-0.2, -0.15) is 10.4 Å². The van der Waals surface area contributed by atoms with Gasteiger partial charge in [-0.1, -0.05) is 12.1 Å². The van der Waals surface area contributed by atoms with E-state index in [9.17, 15) is 10.1 Å². The maximum atomic E-state index is 12.4. The Kier molecular flexibility index (Phi) is 6.59. The lowest BCUT2D eigenvalue weighted by Gasteiger charge is -2.29. The number of anilines is 1. The van der Waals surface area contributed by atoms with E-state index in [1.54, 1.807) is 15.6 Å². The van der Waals surface area contributed by atoms with Crippen LogP contribution in [0, 0.1) is 11.5 Å². The molecule has 1 amide bonds. The van der Waals surface area contributed by atoms with Gasteiger partial charge in [-0.15, -0.1) is 0 Å². The van der Waals surface area contributed by atoms with Gasteiger partial charge in [0.1, 0.15) is 34.3 Å². The number of para-hydroxylation sites is 1. The summed E-state index contributed by atoms with van der Waals surface area (Å²) in [5, 5.41) is 14.0. The number of ether oxygens (including phenoxy) is 2. The summed E-state index contributed by atoms with van der Waals surface area (Å²) in [5.41, 5.74) is 13.2. The normalized spacial score (nSPS) is 15.7. The molecule has 1 aliphatic rings. The van der Waals surface area contributed by atoms with Crippen molar-refractivity contribution in [1.82, 2.24) is 14.7 Å². The van der Waals surface area contributed by atoms with Crippen molar-refractivity contribution in [2.24, 2.45) is 5.73 Å². The molecular formula is C25H28N6O3. The second-order valence-electron chi connectivity index (χ2n) is 8.50. The smallest absolute Gasteiger partial charge is 0.254 e. The second kappa shape index (κ2) is 9.75. The number of amides is 1. The number of hydrogen-bond donors (Lipinski definition) is 2. The zero-order valence-corrected chi connectivity index (χ0v) is 19.3.